The van der Waals surface area contributed by atoms with Gasteiger partial charge in [0.05, 0.1) is 17.4 Å². The molecule has 2 fully saturated rings. The zero-order chi connectivity index (χ0) is 18.9. The van der Waals surface area contributed by atoms with Gasteiger partial charge in [-0.1, -0.05) is 27.4 Å². The van der Waals surface area contributed by atoms with Crippen molar-refractivity contribution in [2.24, 2.45) is 17.8 Å². The number of ether oxygens (including phenoxy) is 2. The minimum Gasteiger partial charge on any atom is -0.461 e. The lowest BCUT2D eigenvalue weighted by molar-refractivity contribution is -0.161. The number of esters is 2. The molecule has 5 unspecified atom stereocenters. The molecule has 5 atom stereocenters. The molecule has 0 aromatic carbocycles. The number of aliphatic hydroxyl groups is 1. The van der Waals surface area contributed by atoms with Crippen molar-refractivity contribution >= 4 is 17.7 Å². The number of hydrogen-bond acceptors (Lipinski definition) is 6. The molecule has 1 aliphatic carbocycles. The third-order valence-corrected chi connectivity index (χ3v) is 5.15. The van der Waals surface area contributed by atoms with Gasteiger partial charge in [-0.25, -0.2) is 4.79 Å². The van der Waals surface area contributed by atoms with Crippen LogP contribution in [0.25, 0.3) is 0 Å². The van der Waals surface area contributed by atoms with E-state index in [1.165, 1.54) is 0 Å². The van der Waals surface area contributed by atoms with Gasteiger partial charge in [-0.2, -0.15) is 0 Å². The van der Waals surface area contributed by atoms with E-state index in [2.05, 4.69) is 6.58 Å². The Morgan fingerprint density at radius 1 is 1.40 bits per heavy atom. The first-order valence-electron chi connectivity index (χ1n) is 8.87. The third kappa shape index (κ3) is 4.48. The number of carbonyl (C=O) groups is 3. The Bertz CT molecular complexity index is 576. The van der Waals surface area contributed by atoms with Crippen molar-refractivity contribution < 1.29 is 29.0 Å². The SMILES string of the molecule is C=C1C(=O)OC2CC(C)C(=O)CCC(C)(O)CC(OC(=O)C(C)C)C12. The van der Waals surface area contributed by atoms with Crippen LogP contribution in [-0.4, -0.2) is 40.6 Å². The molecule has 0 bridgehead atoms. The molecular weight excluding hydrogens is 324 g/mol. The van der Waals surface area contributed by atoms with Crippen LogP contribution in [0.1, 0.15) is 53.4 Å². The van der Waals surface area contributed by atoms with Gasteiger partial charge in [0.2, 0.25) is 0 Å². The van der Waals surface area contributed by atoms with Crippen LogP contribution in [-0.2, 0) is 23.9 Å². The van der Waals surface area contributed by atoms with Gasteiger partial charge in [-0.05, 0) is 19.8 Å². The van der Waals surface area contributed by atoms with Crippen molar-refractivity contribution in [3.8, 4) is 0 Å². The third-order valence-electron chi connectivity index (χ3n) is 5.15. The Hall–Kier alpha value is -1.69. The summed E-state index contributed by atoms with van der Waals surface area (Å²) in [4.78, 5) is 36.5. The maximum Gasteiger partial charge on any atom is 0.334 e. The van der Waals surface area contributed by atoms with Gasteiger partial charge in [0.25, 0.3) is 0 Å². The highest BCUT2D eigenvalue weighted by molar-refractivity contribution is 5.91. The lowest BCUT2D eigenvalue weighted by atomic mass is 9.77. The zero-order valence-electron chi connectivity index (χ0n) is 15.4. The predicted molar refractivity (Wildman–Crippen MR) is 90.5 cm³/mol. The van der Waals surface area contributed by atoms with E-state index >= 15 is 0 Å². The molecule has 0 spiro atoms. The molecule has 0 radical (unpaired) electrons. The fourth-order valence-corrected chi connectivity index (χ4v) is 3.49. The first-order chi connectivity index (χ1) is 11.5. The van der Waals surface area contributed by atoms with Crippen molar-refractivity contribution in [2.45, 2.75) is 71.2 Å². The summed E-state index contributed by atoms with van der Waals surface area (Å²) in [5.74, 6) is -2.07. The first kappa shape index (κ1) is 19.6. The van der Waals surface area contributed by atoms with E-state index in [1.54, 1.807) is 27.7 Å². The highest BCUT2D eigenvalue weighted by Gasteiger charge is 2.48. The highest BCUT2D eigenvalue weighted by Crippen LogP contribution is 2.39. The van der Waals surface area contributed by atoms with E-state index in [-0.39, 0.29) is 42.5 Å². The van der Waals surface area contributed by atoms with Gasteiger partial charge in [0.15, 0.2) is 0 Å². The van der Waals surface area contributed by atoms with Crippen LogP contribution in [0, 0.1) is 17.8 Å². The van der Waals surface area contributed by atoms with Crippen molar-refractivity contribution in [3.05, 3.63) is 12.2 Å². The summed E-state index contributed by atoms with van der Waals surface area (Å²) < 4.78 is 11.0. The van der Waals surface area contributed by atoms with Gasteiger partial charge in [0.1, 0.15) is 18.0 Å². The standard InChI is InChI=1S/C19H28O6/c1-10(2)17(21)25-15-9-19(5,23)7-6-13(20)11(3)8-14-16(15)12(4)18(22)24-14/h10-11,14-16,23H,4,6-9H2,1-3,5H3. The van der Waals surface area contributed by atoms with E-state index in [9.17, 15) is 19.5 Å². The number of carbonyl (C=O) groups excluding carboxylic acids is 3. The molecule has 0 amide bonds. The second-order valence-electron chi connectivity index (χ2n) is 7.93. The fourth-order valence-electron chi connectivity index (χ4n) is 3.49. The summed E-state index contributed by atoms with van der Waals surface area (Å²) in [5.41, 5.74) is -0.951. The van der Waals surface area contributed by atoms with Gasteiger partial charge >= 0.3 is 11.9 Å². The van der Waals surface area contributed by atoms with Gasteiger partial charge in [-0.15, -0.1) is 0 Å². The van der Waals surface area contributed by atoms with Crippen molar-refractivity contribution in [2.75, 3.05) is 0 Å². The van der Waals surface area contributed by atoms with Crippen molar-refractivity contribution in [1.82, 2.24) is 0 Å². The van der Waals surface area contributed by atoms with Crippen LogP contribution in [0.5, 0.6) is 0 Å². The summed E-state index contributed by atoms with van der Waals surface area (Å²) in [5, 5.41) is 10.7. The average molecular weight is 352 g/mol. The maximum absolute atomic E-state index is 12.3. The van der Waals surface area contributed by atoms with E-state index in [0.717, 1.165) is 0 Å². The maximum atomic E-state index is 12.3. The van der Waals surface area contributed by atoms with Gasteiger partial charge in [0, 0.05) is 24.3 Å². The van der Waals surface area contributed by atoms with E-state index in [0.29, 0.717) is 6.42 Å². The summed E-state index contributed by atoms with van der Waals surface area (Å²) in [7, 11) is 0. The molecule has 6 nitrogen and oxygen atoms in total. The summed E-state index contributed by atoms with van der Waals surface area (Å²) >= 11 is 0. The summed E-state index contributed by atoms with van der Waals surface area (Å²) in [6.07, 6.45) is -0.265. The Morgan fingerprint density at radius 2 is 2.04 bits per heavy atom. The molecule has 0 aromatic heterocycles. The molecule has 1 heterocycles. The van der Waals surface area contributed by atoms with Crippen molar-refractivity contribution in [3.63, 3.8) is 0 Å². The molecule has 1 aliphatic heterocycles. The molecule has 2 aliphatic rings. The predicted octanol–water partition coefficient (Wildman–Crippen LogP) is 2.18. The summed E-state index contributed by atoms with van der Waals surface area (Å²) in [6, 6.07) is 0. The van der Waals surface area contributed by atoms with Crippen LogP contribution < -0.4 is 0 Å². The number of hydrogen-bond donors (Lipinski definition) is 1. The van der Waals surface area contributed by atoms with Crippen LogP contribution in [0.15, 0.2) is 12.2 Å². The number of fused-ring (bicyclic) bond motifs is 1. The van der Waals surface area contributed by atoms with Crippen LogP contribution in [0.4, 0.5) is 0 Å². The lowest BCUT2D eigenvalue weighted by Crippen LogP contribution is -2.42. The smallest absolute Gasteiger partial charge is 0.334 e. The second kappa shape index (κ2) is 7.28. The molecular formula is C19H28O6. The molecule has 0 aromatic rings. The van der Waals surface area contributed by atoms with Crippen molar-refractivity contribution in [1.29, 1.82) is 0 Å². The lowest BCUT2D eigenvalue weighted by Gasteiger charge is -2.35. The Morgan fingerprint density at radius 3 is 2.64 bits per heavy atom. The number of ketones is 1. The number of rotatable bonds is 2. The monoisotopic (exact) mass is 352 g/mol. The quantitative estimate of drug-likeness (QED) is 0.605. The average Bonchev–Trinajstić information content (AvgIpc) is 2.77. The van der Waals surface area contributed by atoms with E-state index < -0.39 is 35.7 Å². The zero-order valence-corrected chi connectivity index (χ0v) is 15.4. The van der Waals surface area contributed by atoms with Crippen LogP contribution >= 0.6 is 0 Å². The Balaban J connectivity index is 2.38. The normalized spacial score (nSPS) is 36.8. The molecule has 6 heteroatoms. The Kier molecular flexibility index (Phi) is 5.72. The molecule has 1 saturated heterocycles. The van der Waals surface area contributed by atoms with E-state index in [4.69, 9.17) is 9.47 Å². The largest absolute Gasteiger partial charge is 0.461 e. The molecule has 1 N–H and O–H groups in total. The fraction of sp³-hybridized carbons (Fsp3) is 0.737. The topological polar surface area (TPSA) is 89.9 Å². The second-order valence-corrected chi connectivity index (χ2v) is 7.93. The van der Waals surface area contributed by atoms with Crippen LogP contribution in [0.2, 0.25) is 0 Å². The molecule has 140 valence electrons. The Labute approximate surface area is 148 Å². The minimum absolute atomic E-state index is 0.0326. The summed E-state index contributed by atoms with van der Waals surface area (Å²) in [6.45, 7) is 10.7. The minimum atomic E-state index is -1.19. The van der Waals surface area contributed by atoms with Gasteiger partial charge < -0.3 is 14.6 Å². The number of Topliss-reactive ketones (excluding diaryl/α,β-unsaturated/α-hetero) is 1. The first-order valence-corrected chi connectivity index (χ1v) is 8.87. The molecule has 2 rings (SSSR count). The van der Waals surface area contributed by atoms with Gasteiger partial charge in [-0.3, -0.25) is 9.59 Å². The molecule has 25 heavy (non-hydrogen) atoms. The highest BCUT2D eigenvalue weighted by atomic mass is 16.6. The van der Waals surface area contributed by atoms with E-state index in [1.807, 2.05) is 0 Å². The van der Waals surface area contributed by atoms with Crippen LogP contribution in [0.3, 0.4) is 0 Å². The molecule has 1 saturated carbocycles.